The molecule has 2 aliphatic carbocycles. The summed E-state index contributed by atoms with van der Waals surface area (Å²) < 4.78 is 61.7. The van der Waals surface area contributed by atoms with Crippen molar-refractivity contribution in [2.75, 3.05) is 6.54 Å². The zero-order chi connectivity index (χ0) is 38.5. The Balaban J connectivity index is 1.31. The van der Waals surface area contributed by atoms with Gasteiger partial charge in [0.2, 0.25) is 34.1 Å². The molecule has 2 saturated carbocycles. The second-order valence-electron chi connectivity index (χ2n) is 15.2. The van der Waals surface area contributed by atoms with E-state index in [1.165, 1.54) is 16.2 Å². The van der Waals surface area contributed by atoms with Crippen molar-refractivity contribution in [2.45, 2.75) is 101 Å². The quantitative estimate of drug-likeness (QED) is 0.213. The number of nitrogens with one attached hydrogen (secondary N) is 4. The average Bonchev–Trinajstić information content (AvgIpc) is 3.95. The molecule has 3 aromatic rings. The van der Waals surface area contributed by atoms with E-state index in [1.807, 2.05) is 28.3 Å². The fraction of sp³-hybridized carbons (Fsp3) is 0.543. The maximum atomic E-state index is 14.3. The van der Waals surface area contributed by atoms with Crippen molar-refractivity contribution < 1.29 is 41.1 Å². The summed E-state index contributed by atoms with van der Waals surface area (Å²) in [6, 6.07) is 7.79. The van der Waals surface area contributed by atoms with E-state index in [0.717, 1.165) is 4.88 Å². The summed E-state index contributed by atoms with van der Waals surface area (Å²) in [7, 11) is -4.12. The van der Waals surface area contributed by atoms with Crippen LogP contribution in [0.2, 0.25) is 0 Å². The second kappa shape index (κ2) is 14.4. The molecule has 0 radical (unpaired) electrons. The van der Waals surface area contributed by atoms with Gasteiger partial charge in [-0.3, -0.25) is 19.1 Å². The molecule has 286 valence electrons. The molecule has 53 heavy (non-hydrogen) atoms. The molecular formula is C35H43F2N7O7S2. The van der Waals surface area contributed by atoms with Gasteiger partial charge in [-0.25, -0.2) is 32.0 Å². The molecule has 18 heteroatoms. The Morgan fingerprint density at radius 3 is 2.28 bits per heavy atom. The molecule has 0 bridgehead atoms. The first kappa shape index (κ1) is 38.3. The van der Waals surface area contributed by atoms with Gasteiger partial charge in [-0.15, -0.1) is 11.3 Å². The first-order chi connectivity index (χ1) is 24.9. The Hall–Kier alpha value is -4.45. The molecule has 2 aromatic heterocycles. The summed E-state index contributed by atoms with van der Waals surface area (Å²) in [5.74, 6) is -4.80. The summed E-state index contributed by atoms with van der Waals surface area (Å²) in [4.78, 5) is 66.2. The number of thiophene rings is 1. The lowest BCUT2D eigenvalue weighted by Gasteiger charge is -2.32. The lowest BCUT2D eigenvalue weighted by Crippen LogP contribution is -2.60. The zero-order valence-electron chi connectivity index (χ0n) is 29.9. The van der Waals surface area contributed by atoms with Crippen LogP contribution in [0.1, 0.15) is 60.3 Å². The summed E-state index contributed by atoms with van der Waals surface area (Å²) in [6.07, 6.45) is -3.90. The van der Waals surface area contributed by atoms with Crippen molar-refractivity contribution in [1.29, 1.82) is 0 Å². The molecular weight excluding hydrogens is 733 g/mol. The fourth-order valence-electron chi connectivity index (χ4n) is 6.42. The van der Waals surface area contributed by atoms with Crippen LogP contribution in [0, 0.1) is 11.8 Å². The van der Waals surface area contributed by atoms with Crippen molar-refractivity contribution >= 4 is 56.1 Å². The summed E-state index contributed by atoms with van der Waals surface area (Å²) in [6.45, 7) is 8.58. The maximum Gasteiger partial charge on any atom is 0.315 e. The summed E-state index contributed by atoms with van der Waals surface area (Å²) in [5.41, 5.74) is -1.24. The highest BCUT2D eigenvalue weighted by Gasteiger charge is 2.66. The van der Waals surface area contributed by atoms with Crippen LogP contribution >= 0.6 is 11.3 Å². The van der Waals surface area contributed by atoms with E-state index < -0.39 is 93.0 Å². The van der Waals surface area contributed by atoms with Gasteiger partial charge in [0.05, 0.1) is 33.6 Å². The number of alkyl halides is 2. The molecule has 14 nitrogen and oxygen atoms in total. The van der Waals surface area contributed by atoms with Gasteiger partial charge < -0.3 is 25.6 Å². The average molecular weight is 776 g/mol. The second-order valence-corrected chi connectivity index (χ2v) is 18.1. The van der Waals surface area contributed by atoms with E-state index >= 15 is 0 Å². The predicted octanol–water partition coefficient (Wildman–Crippen LogP) is 3.58. The topological polar surface area (TPSA) is 189 Å². The predicted molar refractivity (Wildman–Crippen MR) is 193 cm³/mol. The van der Waals surface area contributed by atoms with Crippen molar-refractivity contribution in [3.8, 4) is 16.5 Å². The van der Waals surface area contributed by atoms with E-state index in [9.17, 15) is 36.4 Å². The largest absolute Gasteiger partial charge is 0.471 e. The Morgan fingerprint density at radius 2 is 1.72 bits per heavy atom. The van der Waals surface area contributed by atoms with Crippen LogP contribution < -0.4 is 25.4 Å². The number of sulfonamides is 1. The molecule has 3 fully saturated rings. The smallest absolute Gasteiger partial charge is 0.315 e. The van der Waals surface area contributed by atoms with Crippen LogP contribution in [0.5, 0.6) is 5.88 Å². The third-order valence-corrected chi connectivity index (χ3v) is 12.1. The lowest BCUT2D eigenvalue weighted by molar-refractivity contribution is -0.141. The summed E-state index contributed by atoms with van der Waals surface area (Å²) >= 11 is 1.41. The number of carbonyl (C=O) groups is 4. The summed E-state index contributed by atoms with van der Waals surface area (Å²) in [5, 5.41) is 8.93. The van der Waals surface area contributed by atoms with E-state index in [-0.39, 0.29) is 18.8 Å². The highest BCUT2D eigenvalue weighted by atomic mass is 32.2. The number of carbonyl (C=O) groups excluding carboxylic acids is 4. The first-order valence-corrected chi connectivity index (χ1v) is 19.8. The number of benzene rings is 1. The minimum atomic E-state index is -4.12. The number of halogens is 2. The Bertz CT molecular complexity index is 2000. The van der Waals surface area contributed by atoms with Crippen molar-refractivity contribution in [2.24, 2.45) is 11.8 Å². The number of para-hydroxylation sites is 2. The lowest BCUT2D eigenvalue weighted by atomic mass is 10.0. The van der Waals surface area contributed by atoms with Crippen LogP contribution in [0.4, 0.5) is 13.6 Å². The minimum absolute atomic E-state index is 0.146. The van der Waals surface area contributed by atoms with Gasteiger partial charge in [-0.2, -0.15) is 0 Å². The highest BCUT2D eigenvalue weighted by Crippen LogP contribution is 2.48. The Morgan fingerprint density at radius 1 is 1.04 bits per heavy atom. The molecule has 5 amide bonds. The van der Waals surface area contributed by atoms with Gasteiger partial charge in [0, 0.05) is 12.0 Å². The van der Waals surface area contributed by atoms with Gasteiger partial charge in [-0.05, 0) is 69.5 Å². The fourth-order valence-corrected chi connectivity index (χ4v) is 8.49. The van der Waals surface area contributed by atoms with Crippen LogP contribution in [0.25, 0.3) is 21.6 Å². The molecule has 1 unspecified atom stereocenters. The molecule has 1 aliphatic heterocycles. The third-order valence-electron chi connectivity index (χ3n) is 9.40. The number of amides is 5. The van der Waals surface area contributed by atoms with E-state index in [4.69, 9.17) is 14.7 Å². The molecule has 1 aromatic carbocycles. The molecule has 1 saturated heterocycles. The van der Waals surface area contributed by atoms with E-state index in [2.05, 4.69) is 16.0 Å². The van der Waals surface area contributed by atoms with Crippen LogP contribution in [-0.2, 0) is 24.4 Å². The molecule has 4 N–H and O–H groups in total. The zero-order valence-corrected chi connectivity index (χ0v) is 31.5. The molecule has 5 atom stereocenters. The van der Waals surface area contributed by atoms with Gasteiger partial charge in [0.1, 0.15) is 29.4 Å². The SMILES string of the molecule is CC(C)[C@H](NC(=O)NC(C)(C)C)C(=O)N1C[C@H](Oc2nc3ccccc3nc2-c2cccs2)CC1C(=O)N[C@]1(C(=O)NS(=O)(=O)C2CC2)C[C@H]1C(F)F. The Kier molecular flexibility index (Phi) is 10.4. The van der Waals surface area contributed by atoms with Crippen LogP contribution in [-0.4, -0.2) is 94.5 Å². The van der Waals surface area contributed by atoms with Crippen molar-refractivity contribution in [3.63, 3.8) is 0 Å². The molecule has 3 heterocycles. The molecule has 3 aliphatic rings. The minimum Gasteiger partial charge on any atom is -0.471 e. The van der Waals surface area contributed by atoms with E-state index in [1.54, 1.807) is 52.8 Å². The number of urea groups is 1. The number of fused-ring (bicyclic) bond motifs is 1. The number of hydrogen-bond donors (Lipinski definition) is 4. The number of rotatable bonds is 12. The van der Waals surface area contributed by atoms with Gasteiger partial charge in [-0.1, -0.05) is 32.0 Å². The van der Waals surface area contributed by atoms with Gasteiger partial charge >= 0.3 is 6.03 Å². The van der Waals surface area contributed by atoms with Crippen LogP contribution in [0.15, 0.2) is 41.8 Å². The number of hydrogen-bond acceptors (Lipinski definition) is 10. The number of ether oxygens (including phenoxy) is 1. The van der Waals surface area contributed by atoms with Gasteiger partial charge in [0.25, 0.3) is 5.91 Å². The van der Waals surface area contributed by atoms with Crippen molar-refractivity contribution in [1.82, 2.24) is 35.5 Å². The van der Waals surface area contributed by atoms with Crippen molar-refractivity contribution in [3.05, 3.63) is 41.8 Å². The number of aromatic nitrogens is 2. The first-order valence-electron chi connectivity index (χ1n) is 17.4. The van der Waals surface area contributed by atoms with Crippen LogP contribution in [0.3, 0.4) is 0 Å². The standard InChI is InChI=1S/C35H43F2N7O7S2/c1-18(2)26(40-33(48)42-34(3,4)5)31(46)44-17-19(51-30-27(25-11-8-14-52-25)38-22-9-6-7-10-23(22)39-30)15-24(44)29(45)41-35(16-21(35)28(36)37)32(47)43-53(49,50)20-12-13-20/h6-11,14,18-21,24,26,28H,12-13,15-17H2,1-5H3,(H,41,45)(H,43,47)(H2,40,42,48)/t19-,21+,24?,26+,35-/m1/s1. The Labute approximate surface area is 309 Å². The highest BCUT2D eigenvalue weighted by molar-refractivity contribution is 7.91. The monoisotopic (exact) mass is 775 g/mol. The number of likely N-dealkylation sites (tertiary alicyclic amines) is 1. The molecule has 6 rings (SSSR count). The molecule has 0 spiro atoms. The van der Waals surface area contributed by atoms with E-state index in [0.29, 0.717) is 29.6 Å². The van der Waals surface area contributed by atoms with Gasteiger partial charge in [0.15, 0.2) is 0 Å². The third kappa shape index (κ3) is 8.37. The normalized spacial score (nSPS) is 23.5. The maximum absolute atomic E-state index is 14.3. The number of nitrogens with zero attached hydrogens (tertiary/aromatic N) is 3.